The Kier molecular flexibility index (Phi) is 3.70. The van der Waals surface area contributed by atoms with Gasteiger partial charge < -0.3 is 10.2 Å². The first-order valence-corrected chi connectivity index (χ1v) is 6.83. The minimum Gasteiger partial charge on any atom is -0.342 e. The van der Waals surface area contributed by atoms with Gasteiger partial charge in [-0.2, -0.15) is 0 Å². The normalized spacial score (nSPS) is 18.1. The molecule has 1 aliphatic heterocycles. The summed E-state index contributed by atoms with van der Waals surface area (Å²) in [6.07, 6.45) is 3.80. The number of rotatable bonds is 3. The van der Waals surface area contributed by atoms with Crippen LogP contribution in [0.4, 0.5) is 16.0 Å². The number of amides is 1. The van der Waals surface area contributed by atoms with Gasteiger partial charge in [0.15, 0.2) is 0 Å². The highest BCUT2D eigenvalue weighted by atomic mass is 35.5. The van der Waals surface area contributed by atoms with Crippen molar-refractivity contribution >= 4 is 29.1 Å². The third-order valence-corrected chi connectivity index (χ3v) is 3.60. The van der Waals surface area contributed by atoms with Gasteiger partial charge in [-0.1, -0.05) is 11.6 Å². The summed E-state index contributed by atoms with van der Waals surface area (Å²) >= 11 is 5.65. The quantitative estimate of drug-likeness (QED) is 0.946. The minimum atomic E-state index is -0.537. The number of halogens is 2. The predicted molar refractivity (Wildman–Crippen MR) is 77.8 cm³/mol. The van der Waals surface area contributed by atoms with Crippen LogP contribution >= 0.6 is 11.6 Å². The Balaban J connectivity index is 1.75. The molecule has 3 rings (SSSR count). The molecule has 1 aromatic carbocycles. The number of benzene rings is 1. The summed E-state index contributed by atoms with van der Waals surface area (Å²) in [7, 11) is 0. The highest BCUT2D eigenvalue weighted by Gasteiger charge is 2.33. The Labute approximate surface area is 125 Å². The van der Waals surface area contributed by atoms with Gasteiger partial charge in [0.2, 0.25) is 11.9 Å². The molecule has 1 saturated heterocycles. The van der Waals surface area contributed by atoms with E-state index in [0.29, 0.717) is 24.6 Å². The van der Waals surface area contributed by atoms with Crippen LogP contribution in [-0.2, 0) is 4.79 Å². The molecule has 7 heteroatoms. The second-order valence-electron chi connectivity index (χ2n) is 4.65. The minimum absolute atomic E-state index is 0.0396. The van der Waals surface area contributed by atoms with E-state index in [1.165, 1.54) is 17.0 Å². The van der Waals surface area contributed by atoms with Crippen LogP contribution in [0.5, 0.6) is 0 Å². The smallest absolute Gasteiger partial charge is 0.249 e. The van der Waals surface area contributed by atoms with Crippen molar-refractivity contribution < 1.29 is 9.18 Å². The molecule has 1 aliphatic rings. The Morgan fingerprint density at radius 1 is 1.33 bits per heavy atom. The fraction of sp³-hybridized carbons (Fsp3) is 0.214. The van der Waals surface area contributed by atoms with Crippen LogP contribution in [0.25, 0.3) is 0 Å². The van der Waals surface area contributed by atoms with Gasteiger partial charge in [0.25, 0.3) is 0 Å². The lowest BCUT2D eigenvalue weighted by atomic mass is 10.2. The first-order chi connectivity index (χ1) is 10.1. The third-order valence-electron chi connectivity index (χ3n) is 3.29. The van der Waals surface area contributed by atoms with Crippen LogP contribution in [0.3, 0.4) is 0 Å². The number of hydrogen-bond donors (Lipinski definition) is 1. The van der Waals surface area contributed by atoms with Crippen LogP contribution in [0.1, 0.15) is 6.42 Å². The lowest BCUT2D eigenvalue weighted by Gasteiger charge is -2.17. The molecule has 108 valence electrons. The van der Waals surface area contributed by atoms with Crippen LogP contribution in [0.2, 0.25) is 5.02 Å². The van der Waals surface area contributed by atoms with Crippen molar-refractivity contribution in [3.8, 4) is 0 Å². The molecular formula is C14H12ClFN4O. The average molecular weight is 307 g/mol. The zero-order chi connectivity index (χ0) is 14.8. The topological polar surface area (TPSA) is 58.1 Å². The SMILES string of the molecule is O=C1[C@H](Nc2ncccn2)CCN1c1ccc(Cl)c(F)c1. The van der Waals surface area contributed by atoms with Gasteiger partial charge in [-0.05, 0) is 30.7 Å². The van der Waals surface area contributed by atoms with E-state index in [1.807, 2.05) is 0 Å². The second kappa shape index (κ2) is 5.65. The van der Waals surface area contributed by atoms with E-state index in [0.717, 1.165) is 0 Å². The summed E-state index contributed by atoms with van der Waals surface area (Å²) in [5, 5.41) is 3.02. The molecule has 5 nitrogen and oxygen atoms in total. The summed E-state index contributed by atoms with van der Waals surface area (Å²) in [5.74, 6) is -0.270. The maximum Gasteiger partial charge on any atom is 0.249 e. The Bertz CT molecular complexity index is 667. The van der Waals surface area contributed by atoms with Gasteiger partial charge in [0.05, 0.1) is 5.02 Å². The van der Waals surface area contributed by atoms with Crippen molar-refractivity contribution in [3.63, 3.8) is 0 Å². The number of aromatic nitrogens is 2. The van der Waals surface area contributed by atoms with Gasteiger partial charge in [-0.3, -0.25) is 4.79 Å². The van der Waals surface area contributed by atoms with E-state index >= 15 is 0 Å². The molecule has 0 spiro atoms. The standard InChI is InChI=1S/C14H12ClFN4O/c15-10-3-2-9(8-11(10)16)20-7-4-12(13(20)21)19-14-17-5-1-6-18-14/h1-3,5-6,8,12H,4,7H2,(H,17,18,19)/t12-/m1/s1. The van der Waals surface area contributed by atoms with Gasteiger partial charge in [-0.15, -0.1) is 0 Å². The van der Waals surface area contributed by atoms with Crippen LogP contribution in [-0.4, -0.2) is 28.5 Å². The average Bonchev–Trinajstić information content (AvgIpc) is 2.84. The van der Waals surface area contributed by atoms with E-state index in [9.17, 15) is 9.18 Å². The fourth-order valence-corrected chi connectivity index (χ4v) is 2.37. The highest BCUT2D eigenvalue weighted by molar-refractivity contribution is 6.30. The van der Waals surface area contributed by atoms with Crippen LogP contribution in [0.15, 0.2) is 36.7 Å². The van der Waals surface area contributed by atoms with Gasteiger partial charge in [-0.25, -0.2) is 14.4 Å². The Morgan fingerprint density at radius 3 is 2.81 bits per heavy atom. The lowest BCUT2D eigenvalue weighted by Crippen LogP contribution is -2.33. The molecule has 1 amide bonds. The number of carbonyl (C=O) groups is 1. The number of nitrogens with one attached hydrogen (secondary N) is 1. The Morgan fingerprint density at radius 2 is 2.10 bits per heavy atom. The molecule has 21 heavy (non-hydrogen) atoms. The molecule has 2 aromatic rings. The lowest BCUT2D eigenvalue weighted by molar-refractivity contribution is -0.117. The number of anilines is 2. The summed E-state index contributed by atoms with van der Waals surface area (Å²) < 4.78 is 13.5. The largest absolute Gasteiger partial charge is 0.342 e. The predicted octanol–water partition coefficient (Wildman–Crippen LogP) is 2.49. The summed E-state index contributed by atoms with van der Waals surface area (Å²) in [6.45, 7) is 0.504. The summed E-state index contributed by atoms with van der Waals surface area (Å²) in [6, 6.07) is 5.63. The molecule has 1 atom stereocenters. The third kappa shape index (κ3) is 2.80. The van der Waals surface area contributed by atoms with Crippen molar-refractivity contribution in [1.82, 2.24) is 9.97 Å². The molecule has 0 unspecified atom stereocenters. The van der Waals surface area contributed by atoms with E-state index < -0.39 is 11.9 Å². The molecule has 0 aliphatic carbocycles. The van der Waals surface area contributed by atoms with E-state index in [1.54, 1.807) is 24.5 Å². The monoisotopic (exact) mass is 306 g/mol. The zero-order valence-corrected chi connectivity index (χ0v) is 11.7. The second-order valence-corrected chi connectivity index (χ2v) is 5.05. The first-order valence-electron chi connectivity index (χ1n) is 6.45. The van der Waals surface area contributed by atoms with E-state index in [4.69, 9.17) is 11.6 Å². The number of hydrogen-bond acceptors (Lipinski definition) is 4. The molecular weight excluding hydrogens is 295 g/mol. The fourth-order valence-electron chi connectivity index (χ4n) is 2.25. The van der Waals surface area contributed by atoms with Crippen molar-refractivity contribution in [2.75, 3.05) is 16.8 Å². The molecule has 1 N–H and O–H groups in total. The van der Waals surface area contributed by atoms with Crippen molar-refractivity contribution in [1.29, 1.82) is 0 Å². The van der Waals surface area contributed by atoms with Gasteiger partial charge >= 0.3 is 0 Å². The van der Waals surface area contributed by atoms with Crippen LogP contribution in [0, 0.1) is 5.82 Å². The maximum absolute atomic E-state index is 13.5. The number of nitrogens with zero attached hydrogens (tertiary/aromatic N) is 3. The van der Waals surface area contributed by atoms with E-state index in [-0.39, 0.29) is 10.9 Å². The summed E-state index contributed by atoms with van der Waals surface area (Å²) in [5.41, 5.74) is 0.500. The molecule has 0 saturated carbocycles. The highest BCUT2D eigenvalue weighted by Crippen LogP contribution is 2.26. The van der Waals surface area contributed by atoms with Gasteiger partial charge in [0, 0.05) is 24.6 Å². The molecule has 0 bridgehead atoms. The van der Waals surface area contributed by atoms with Crippen LogP contribution < -0.4 is 10.2 Å². The van der Waals surface area contributed by atoms with E-state index in [2.05, 4.69) is 15.3 Å². The first kappa shape index (κ1) is 13.8. The number of carbonyl (C=O) groups excluding carboxylic acids is 1. The maximum atomic E-state index is 13.5. The zero-order valence-electron chi connectivity index (χ0n) is 11.0. The molecule has 1 aromatic heterocycles. The molecule has 2 heterocycles. The van der Waals surface area contributed by atoms with Crippen molar-refractivity contribution in [3.05, 3.63) is 47.5 Å². The summed E-state index contributed by atoms with van der Waals surface area (Å²) in [4.78, 5) is 21.9. The Hall–Kier alpha value is -2.21. The van der Waals surface area contributed by atoms with Gasteiger partial charge in [0.1, 0.15) is 11.9 Å². The van der Waals surface area contributed by atoms with Crippen molar-refractivity contribution in [2.45, 2.75) is 12.5 Å². The molecule has 0 radical (unpaired) electrons. The van der Waals surface area contributed by atoms with Crippen molar-refractivity contribution in [2.24, 2.45) is 0 Å². The molecule has 1 fully saturated rings.